The predicted octanol–water partition coefficient (Wildman–Crippen LogP) is 4.82. The van der Waals surface area contributed by atoms with Crippen LogP contribution < -0.4 is 15.4 Å². The lowest BCUT2D eigenvalue weighted by atomic mass is 9.99. The number of aliphatic hydroxyl groups is 1. The fourth-order valence-corrected chi connectivity index (χ4v) is 4.61. The minimum absolute atomic E-state index is 0.00591. The number of fused-ring (bicyclic) bond motifs is 1. The standard InChI is InChI=1S/C30H35FN4O4/c1-20-16-35(21(2)19-36)29(37)26-15-25(33-30(38)32-24-11-9-23(31)10-12-24)13-14-27(26)39-28(20)18-34(3)17-22-7-5-4-6-8-22/h4-15,20-21,28,36H,16-19H2,1-3H3,(H2,32,33,38)/t20-,21+,28+/m0/s1. The van der Waals surface area contributed by atoms with Crippen LogP contribution in [0.3, 0.4) is 0 Å². The van der Waals surface area contributed by atoms with E-state index in [0.717, 1.165) is 6.54 Å². The van der Waals surface area contributed by atoms with Gasteiger partial charge in [0.05, 0.1) is 18.2 Å². The Bertz CT molecular complexity index is 1270. The van der Waals surface area contributed by atoms with Gasteiger partial charge in [-0.1, -0.05) is 37.3 Å². The SMILES string of the molecule is C[C@H](CO)N1C[C@H](C)[C@@H](CN(C)Cc2ccccc2)Oc2ccc(NC(=O)Nc3ccc(F)cc3)cc2C1=O. The maximum Gasteiger partial charge on any atom is 0.323 e. The van der Waals surface area contributed by atoms with Crippen molar-refractivity contribution in [3.05, 3.63) is 89.7 Å². The van der Waals surface area contributed by atoms with Crippen LogP contribution in [0.2, 0.25) is 0 Å². The van der Waals surface area contributed by atoms with Crippen molar-refractivity contribution in [2.45, 2.75) is 32.5 Å². The molecule has 3 atom stereocenters. The van der Waals surface area contributed by atoms with Crippen molar-refractivity contribution in [3.63, 3.8) is 0 Å². The molecule has 0 fully saturated rings. The van der Waals surface area contributed by atoms with E-state index >= 15 is 0 Å². The van der Waals surface area contributed by atoms with Gasteiger partial charge in [-0.3, -0.25) is 9.69 Å². The van der Waals surface area contributed by atoms with Gasteiger partial charge < -0.3 is 25.4 Å². The zero-order valence-electron chi connectivity index (χ0n) is 22.4. The Morgan fingerprint density at radius 1 is 1.10 bits per heavy atom. The fourth-order valence-electron chi connectivity index (χ4n) is 4.61. The van der Waals surface area contributed by atoms with E-state index in [9.17, 15) is 19.1 Å². The van der Waals surface area contributed by atoms with Gasteiger partial charge >= 0.3 is 6.03 Å². The number of urea groups is 1. The number of nitrogens with one attached hydrogen (secondary N) is 2. The Morgan fingerprint density at radius 2 is 1.77 bits per heavy atom. The van der Waals surface area contributed by atoms with Crippen LogP contribution in [-0.2, 0) is 6.54 Å². The number of likely N-dealkylation sites (N-methyl/N-ethyl adjacent to an activating group) is 1. The van der Waals surface area contributed by atoms with Gasteiger partial charge in [-0.05, 0) is 62.0 Å². The molecular weight excluding hydrogens is 499 g/mol. The second kappa shape index (κ2) is 12.7. The molecule has 0 spiro atoms. The van der Waals surface area contributed by atoms with Gasteiger partial charge in [0, 0.05) is 36.9 Å². The van der Waals surface area contributed by atoms with Crippen LogP contribution in [0.5, 0.6) is 5.75 Å². The number of rotatable bonds is 8. The third kappa shape index (κ3) is 7.34. The molecule has 4 rings (SSSR count). The number of ether oxygens (including phenoxy) is 1. The van der Waals surface area contributed by atoms with E-state index in [-0.39, 0.29) is 24.5 Å². The Hall–Kier alpha value is -3.95. The Kier molecular flexibility index (Phi) is 9.16. The van der Waals surface area contributed by atoms with E-state index < -0.39 is 17.9 Å². The number of anilines is 2. The molecule has 0 aromatic heterocycles. The first-order chi connectivity index (χ1) is 18.7. The topological polar surface area (TPSA) is 94.1 Å². The van der Waals surface area contributed by atoms with Gasteiger partial charge in [0.1, 0.15) is 17.7 Å². The van der Waals surface area contributed by atoms with Gasteiger partial charge in [0.2, 0.25) is 0 Å². The van der Waals surface area contributed by atoms with Crippen molar-refractivity contribution >= 4 is 23.3 Å². The highest BCUT2D eigenvalue weighted by Gasteiger charge is 2.33. The zero-order valence-corrected chi connectivity index (χ0v) is 22.4. The number of halogens is 1. The molecule has 206 valence electrons. The quantitative estimate of drug-likeness (QED) is 0.385. The number of nitrogens with zero attached hydrogens (tertiary/aromatic N) is 2. The normalized spacial score (nSPS) is 18.0. The van der Waals surface area contributed by atoms with Crippen LogP contribution >= 0.6 is 0 Å². The van der Waals surface area contributed by atoms with Crippen molar-refractivity contribution in [2.75, 3.05) is 37.4 Å². The lowest BCUT2D eigenvalue weighted by molar-refractivity contribution is 0.0341. The molecule has 0 radical (unpaired) electrons. The maximum atomic E-state index is 13.6. The third-order valence-corrected chi connectivity index (χ3v) is 6.81. The summed E-state index contributed by atoms with van der Waals surface area (Å²) in [6.45, 7) is 5.47. The van der Waals surface area contributed by atoms with E-state index in [1.165, 1.54) is 29.8 Å². The molecule has 39 heavy (non-hydrogen) atoms. The van der Waals surface area contributed by atoms with Crippen LogP contribution in [0.4, 0.5) is 20.6 Å². The van der Waals surface area contributed by atoms with Gasteiger partial charge in [-0.15, -0.1) is 0 Å². The number of carbonyl (C=O) groups excluding carboxylic acids is 2. The highest BCUT2D eigenvalue weighted by atomic mass is 19.1. The average Bonchev–Trinajstić information content (AvgIpc) is 2.92. The van der Waals surface area contributed by atoms with Crippen LogP contribution in [0, 0.1) is 11.7 Å². The summed E-state index contributed by atoms with van der Waals surface area (Å²) in [6, 6.07) is 19.6. The lowest BCUT2D eigenvalue weighted by Crippen LogP contribution is -2.49. The molecule has 9 heteroatoms. The molecule has 8 nitrogen and oxygen atoms in total. The molecule has 0 unspecified atom stereocenters. The summed E-state index contributed by atoms with van der Waals surface area (Å²) in [6.07, 6.45) is -0.223. The molecular formula is C30H35FN4O4. The van der Waals surface area contributed by atoms with Crippen LogP contribution in [0.15, 0.2) is 72.8 Å². The molecule has 3 aromatic carbocycles. The number of hydrogen-bond acceptors (Lipinski definition) is 5. The first-order valence-corrected chi connectivity index (χ1v) is 13.0. The number of carbonyl (C=O) groups is 2. The average molecular weight is 535 g/mol. The zero-order chi connectivity index (χ0) is 27.9. The minimum atomic E-state index is -0.532. The van der Waals surface area contributed by atoms with E-state index in [0.29, 0.717) is 35.8 Å². The summed E-state index contributed by atoms with van der Waals surface area (Å²) in [5.41, 5.74) is 2.32. The minimum Gasteiger partial charge on any atom is -0.488 e. The summed E-state index contributed by atoms with van der Waals surface area (Å²) >= 11 is 0. The first kappa shape index (κ1) is 28.1. The summed E-state index contributed by atoms with van der Waals surface area (Å²) in [5, 5.41) is 15.2. The van der Waals surface area contributed by atoms with Crippen molar-refractivity contribution in [2.24, 2.45) is 5.92 Å². The summed E-state index contributed by atoms with van der Waals surface area (Å²) in [7, 11) is 2.04. The highest BCUT2D eigenvalue weighted by molar-refractivity contribution is 6.02. The molecule has 3 amide bonds. The Balaban J connectivity index is 1.55. The first-order valence-electron chi connectivity index (χ1n) is 13.0. The maximum absolute atomic E-state index is 13.6. The van der Waals surface area contributed by atoms with Crippen molar-refractivity contribution in [3.8, 4) is 5.75 Å². The van der Waals surface area contributed by atoms with E-state index in [1.54, 1.807) is 23.1 Å². The van der Waals surface area contributed by atoms with Crippen LogP contribution in [0.1, 0.15) is 29.8 Å². The number of aliphatic hydroxyl groups excluding tert-OH is 1. The van der Waals surface area contributed by atoms with Crippen molar-refractivity contribution in [1.29, 1.82) is 0 Å². The lowest BCUT2D eigenvalue weighted by Gasteiger charge is -2.38. The molecule has 3 aromatic rings. The largest absolute Gasteiger partial charge is 0.488 e. The van der Waals surface area contributed by atoms with Gasteiger partial charge in [-0.2, -0.15) is 0 Å². The molecule has 0 bridgehead atoms. The summed E-state index contributed by atoms with van der Waals surface area (Å²) in [4.78, 5) is 30.0. The second-order valence-corrected chi connectivity index (χ2v) is 10.1. The molecule has 3 N–H and O–H groups in total. The Morgan fingerprint density at radius 3 is 2.46 bits per heavy atom. The molecule has 0 saturated carbocycles. The van der Waals surface area contributed by atoms with Gasteiger partial charge in [0.15, 0.2) is 0 Å². The van der Waals surface area contributed by atoms with Crippen LogP contribution in [0.25, 0.3) is 0 Å². The molecule has 1 aliphatic rings. The van der Waals surface area contributed by atoms with Crippen molar-refractivity contribution < 1.29 is 23.8 Å². The second-order valence-electron chi connectivity index (χ2n) is 10.1. The van der Waals surface area contributed by atoms with E-state index in [4.69, 9.17) is 4.74 Å². The summed E-state index contributed by atoms with van der Waals surface area (Å²) in [5.74, 6) is -0.267. The highest BCUT2D eigenvalue weighted by Crippen LogP contribution is 2.31. The number of hydrogen-bond donors (Lipinski definition) is 3. The number of benzene rings is 3. The molecule has 1 heterocycles. The predicted molar refractivity (Wildman–Crippen MR) is 149 cm³/mol. The van der Waals surface area contributed by atoms with E-state index in [2.05, 4.69) is 27.7 Å². The van der Waals surface area contributed by atoms with Gasteiger partial charge in [-0.25, -0.2) is 9.18 Å². The Labute approximate surface area is 228 Å². The smallest absolute Gasteiger partial charge is 0.323 e. The van der Waals surface area contributed by atoms with Crippen molar-refractivity contribution in [1.82, 2.24) is 9.80 Å². The molecule has 1 aliphatic heterocycles. The number of amides is 3. The summed E-state index contributed by atoms with van der Waals surface area (Å²) < 4.78 is 19.6. The molecule has 0 saturated heterocycles. The van der Waals surface area contributed by atoms with E-state index in [1.807, 2.05) is 39.1 Å². The fraction of sp³-hybridized carbons (Fsp3) is 0.333. The molecule has 0 aliphatic carbocycles. The van der Waals surface area contributed by atoms with Crippen LogP contribution in [-0.4, -0.2) is 65.7 Å². The third-order valence-electron chi connectivity index (χ3n) is 6.81. The monoisotopic (exact) mass is 534 g/mol. The van der Waals surface area contributed by atoms with Gasteiger partial charge in [0.25, 0.3) is 5.91 Å².